The first-order valence-corrected chi connectivity index (χ1v) is 5.89. The van der Waals surface area contributed by atoms with Gasteiger partial charge in [-0.05, 0) is 0 Å². The summed E-state index contributed by atoms with van der Waals surface area (Å²) in [5.41, 5.74) is 1.77. The summed E-state index contributed by atoms with van der Waals surface area (Å²) in [5.74, 6) is -0.0110. The number of allylic oxidation sites excluding steroid dienone is 4. The van der Waals surface area contributed by atoms with Crippen molar-refractivity contribution < 1.29 is 24.1 Å². The Bertz CT molecular complexity index is 300. The summed E-state index contributed by atoms with van der Waals surface area (Å²) in [6, 6.07) is 0. The summed E-state index contributed by atoms with van der Waals surface area (Å²) in [7, 11) is 3.46. The minimum absolute atomic E-state index is 0.0110. The Hall–Kier alpha value is -0.752. The normalized spacial score (nSPS) is 11.5. The molecule has 0 atom stereocenters. The van der Waals surface area contributed by atoms with E-state index < -0.39 is 0 Å². The molecule has 0 aromatic heterocycles. The molecule has 0 aliphatic heterocycles. The molecule has 0 spiro atoms. The number of hydrogen-bond acceptors (Lipinski definition) is 1. The van der Waals surface area contributed by atoms with Crippen LogP contribution in [0, 0.1) is 0 Å². The van der Waals surface area contributed by atoms with E-state index in [9.17, 15) is 4.79 Å². The number of carbonyl (C=O) groups excluding carboxylic acids is 1. The number of rotatable bonds is 4. The van der Waals surface area contributed by atoms with E-state index >= 15 is 0 Å². The predicted octanol–water partition coefficient (Wildman–Crippen LogP) is 1.48. The van der Waals surface area contributed by atoms with E-state index in [1.54, 1.807) is 20.2 Å². The van der Waals surface area contributed by atoms with Gasteiger partial charge in [0.15, 0.2) is 0 Å². The van der Waals surface area contributed by atoms with Gasteiger partial charge in [-0.25, -0.2) is 0 Å². The minimum atomic E-state index is -0.0110. The van der Waals surface area contributed by atoms with Crippen molar-refractivity contribution in [3.63, 3.8) is 0 Å². The van der Waals surface area contributed by atoms with E-state index in [1.165, 1.54) is 24.3 Å². The molecule has 14 heavy (non-hydrogen) atoms. The fourth-order valence-electron chi connectivity index (χ4n) is 0.694. The van der Waals surface area contributed by atoms with Crippen LogP contribution in [0.4, 0.5) is 0 Å². The number of carbonyl (C=O) groups is 1. The van der Waals surface area contributed by atoms with Gasteiger partial charge in [-0.3, -0.25) is 0 Å². The van der Waals surface area contributed by atoms with Crippen molar-refractivity contribution in [3.8, 4) is 0 Å². The maximum absolute atomic E-state index is 11.3. The van der Waals surface area contributed by atoms with Crippen LogP contribution in [0.5, 0.6) is 0 Å². The van der Waals surface area contributed by atoms with Crippen molar-refractivity contribution in [2.45, 2.75) is 6.92 Å². The quantitative estimate of drug-likeness (QED) is 0.549. The van der Waals surface area contributed by atoms with Crippen LogP contribution in [0.2, 0.25) is 0 Å². The second-order valence-electron chi connectivity index (χ2n) is 3.08. The van der Waals surface area contributed by atoms with Gasteiger partial charge >= 0.3 is 96.3 Å². The second kappa shape index (κ2) is 6.67. The van der Waals surface area contributed by atoms with Gasteiger partial charge in [0.05, 0.1) is 0 Å². The molecule has 0 aliphatic rings. The summed E-state index contributed by atoms with van der Waals surface area (Å²) < 4.78 is 2.01. The van der Waals surface area contributed by atoms with Crippen molar-refractivity contribution >= 4 is 10.3 Å². The van der Waals surface area contributed by atoms with E-state index in [-0.39, 0.29) is 5.91 Å². The van der Waals surface area contributed by atoms with E-state index in [4.69, 9.17) is 0 Å². The molecule has 0 unspecified atom stereocenters. The van der Waals surface area contributed by atoms with Gasteiger partial charge in [-0.15, -0.1) is 0 Å². The van der Waals surface area contributed by atoms with E-state index in [0.29, 0.717) is 0 Å². The zero-order valence-corrected chi connectivity index (χ0v) is 11.7. The monoisotopic (exact) mass is 361 g/mol. The first kappa shape index (κ1) is 13.2. The molecule has 0 bridgehead atoms. The third-order valence-electron chi connectivity index (χ3n) is 1.66. The molecule has 0 saturated carbocycles. The van der Waals surface area contributed by atoms with Crippen molar-refractivity contribution in [2.24, 2.45) is 0 Å². The molecule has 2 nitrogen and oxygen atoms in total. The SMILES string of the molecule is C=C(/C=C\[CH]=[W])/C(C)=C/C(=O)N(C)C. The van der Waals surface area contributed by atoms with Crippen LogP contribution < -0.4 is 0 Å². The molecule has 0 aromatic rings. The number of amides is 1. The van der Waals surface area contributed by atoms with Crippen LogP contribution in [0.15, 0.2) is 36.0 Å². The zero-order chi connectivity index (χ0) is 11.1. The Kier molecular flexibility index (Phi) is 6.31. The summed E-state index contributed by atoms with van der Waals surface area (Å²) in [5, 5.41) is 0. The third kappa shape index (κ3) is 5.08. The van der Waals surface area contributed by atoms with E-state index in [0.717, 1.165) is 11.1 Å². The van der Waals surface area contributed by atoms with Crippen molar-refractivity contribution in [1.82, 2.24) is 4.90 Å². The van der Waals surface area contributed by atoms with Crippen LogP contribution >= 0.6 is 0 Å². The molecular formula is C11H15NOW. The topological polar surface area (TPSA) is 20.3 Å². The van der Waals surface area contributed by atoms with Gasteiger partial charge in [0.1, 0.15) is 0 Å². The second-order valence-corrected chi connectivity index (χ2v) is 4.06. The number of hydrogen-bond donors (Lipinski definition) is 0. The van der Waals surface area contributed by atoms with Crippen LogP contribution in [-0.2, 0) is 24.1 Å². The molecule has 3 heteroatoms. The molecule has 0 radical (unpaired) electrons. The Labute approximate surface area is 96.4 Å². The van der Waals surface area contributed by atoms with Crippen molar-refractivity contribution in [1.29, 1.82) is 0 Å². The van der Waals surface area contributed by atoms with Gasteiger partial charge < -0.3 is 0 Å². The van der Waals surface area contributed by atoms with Crippen molar-refractivity contribution in [2.75, 3.05) is 14.1 Å². The Balaban J connectivity index is 4.53. The van der Waals surface area contributed by atoms with Crippen molar-refractivity contribution in [3.05, 3.63) is 36.0 Å². The molecular weight excluding hydrogens is 346 g/mol. The molecule has 76 valence electrons. The molecule has 0 N–H and O–H groups in total. The van der Waals surface area contributed by atoms with Crippen LogP contribution in [0.1, 0.15) is 6.92 Å². The van der Waals surface area contributed by atoms with Gasteiger partial charge in [0.25, 0.3) is 0 Å². The summed E-state index contributed by atoms with van der Waals surface area (Å²) in [6.07, 6.45) is 5.44. The van der Waals surface area contributed by atoms with Crippen LogP contribution in [-0.4, -0.2) is 29.3 Å². The standard InChI is InChI=1S/C11H15NO.W/c1-6-7-9(2)10(3)8-11(13)12(4)5;/h1,6-8H,2H2,3-5H3;/b7-6-,10-8+;. The predicted molar refractivity (Wildman–Crippen MR) is 56.8 cm³/mol. The molecule has 0 saturated heterocycles. The summed E-state index contributed by atoms with van der Waals surface area (Å²) >= 11 is 1.40. The Morgan fingerprint density at radius 2 is 2.00 bits per heavy atom. The van der Waals surface area contributed by atoms with Gasteiger partial charge in [-0.2, -0.15) is 0 Å². The third-order valence-corrected chi connectivity index (χ3v) is 2.23. The average molecular weight is 361 g/mol. The molecule has 0 aliphatic carbocycles. The Morgan fingerprint density at radius 3 is 2.43 bits per heavy atom. The molecule has 0 rings (SSSR count). The van der Waals surface area contributed by atoms with E-state index in [1.807, 2.05) is 23.5 Å². The Morgan fingerprint density at radius 1 is 1.43 bits per heavy atom. The average Bonchev–Trinajstić information content (AvgIpc) is 2.13. The number of likely N-dealkylation sites (N-methyl/N-ethyl adjacent to an activating group) is 1. The molecule has 0 fully saturated rings. The zero-order valence-electron chi connectivity index (χ0n) is 8.78. The van der Waals surface area contributed by atoms with Crippen LogP contribution in [0.25, 0.3) is 0 Å². The maximum atomic E-state index is 11.3. The molecule has 0 heterocycles. The molecule has 0 aromatic carbocycles. The fourth-order valence-corrected chi connectivity index (χ4v) is 0.976. The van der Waals surface area contributed by atoms with Gasteiger partial charge in [-0.1, -0.05) is 0 Å². The summed E-state index contributed by atoms with van der Waals surface area (Å²) in [4.78, 5) is 12.9. The van der Waals surface area contributed by atoms with E-state index in [2.05, 4.69) is 6.58 Å². The first-order chi connectivity index (χ1) is 6.49. The van der Waals surface area contributed by atoms with Gasteiger partial charge in [0.2, 0.25) is 0 Å². The molecule has 1 amide bonds. The van der Waals surface area contributed by atoms with Crippen LogP contribution in [0.3, 0.4) is 0 Å². The fraction of sp³-hybridized carbons (Fsp3) is 0.273. The number of nitrogens with zero attached hydrogens (tertiary/aromatic N) is 1. The van der Waals surface area contributed by atoms with Gasteiger partial charge in [0, 0.05) is 0 Å². The summed E-state index contributed by atoms with van der Waals surface area (Å²) in [6.45, 7) is 5.75. The first-order valence-electron chi connectivity index (χ1n) is 4.19.